The maximum absolute atomic E-state index is 13.6. The van der Waals surface area contributed by atoms with Gasteiger partial charge in [-0.3, -0.25) is 0 Å². The Kier molecular flexibility index (Phi) is 4.86. The summed E-state index contributed by atoms with van der Waals surface area (Å²) in [5, 5.41) is 10.1. The Labute approximate surface area is 121 Å². The highest BCUT2D eigenvalue weighted by Gasteiger charge is 2.06. The maximum Gasteiger partial charge on any atom is 0.127 e. The summed E-state index contributed by atoms with van der Waals surface area (Å²) in [4.78, 5) is 0.998. The van der Waals surface area contributed by atoms with Crippen LogP contribution >= 0.6 is 23.4 Å². The minimum atomic E-state index is -0.497. The molecule has 0 spiro atoms. The highest BCUT2D eigenvalue weighted by Crippen LogP contribution is 2.27. The molecule has 1 N–H and O–H groups in total. The topological polar surface area (TPSA) is 20.2 Å². The minimum absolute atomic E-state index is 0.247. The number of halogens is 2. The third-order valence-corrected chi connectivity index (χ3v) is 4.02. The molecule has 19 heavy (non-hydrogen) atoms. The maximum atomic E-state index is 13.6. The molecule has 1 atom stereocenters. The van der Waals surface area contributed by atoms with Crippen molar-refractivity contribution in [3.05, 3.63) is 64.4 Å². The SMILES string of the molecule is CC(O)c1cccc(SCc2cc(Cl)ccc2F)c1. The fraction of sp³-hybridized carbons (Fsp3) is 0.200. The van der Waals surface area contributed by atoms with Crippen molar-refractivity contribution in [1.82, 2.24) is 0 Å². The van der Waals surface area contributed by atoms with Gasteiger partial charge >= 0.3 is 0 Å². The second kappa shape index (κ2) is 6.42. The molecule has 0 radical (unpaired) electrons. The van der Waals surface area contributed by atoms with Crippen molar-refractivity contribution in [2.45, 2.75) is 23.7 Å². The van der Waals surface area contributed by atoms with Crippen LogP contribution in [0.25, 0.3) is 0 Å². The fourth-order valence-corrected chi connectivity index (χ4v) is 2.81. The van der Waals surface area contributed by atoms with Gasteiger partial charge in [0.25, 0.3) is 0 Å². The van der Waals surface area contributed by atoms with Crippen molar-refractivity contribution in [3.63, 3.8) is 0 Å². The summed E-state index contributed by atoms with van der Waals surface area (Å²) in [6, 6.07) is 12.2. The molecule has 0 aromatic heterocycles. The molecule has 2 aromatic carbocycles. The third kappa shape index (κ3) is 3.96. The van der Waals surface area contributed by atoms with Crippen LogP contribution in [0.1, 0.15) is 24.2 Å². The van der Waals surface area contributed by atoms with E-state index >= 15 is 0 Å². The molecule has 0 saturated carbocycles. The number of aliphatic hydroxyl groups excluding tert-OH is 1. The molecule has 2 rings (SSSR count). The Bertz CT molecular complexity index is 572. The van der Waals surface area contributed by atoms with E-state index in [9.17, 15) is 9.50 Å². The smallest absolute Gasteiger partial charge is 0.127 e. The van der Waals surface area contributed by atoms with Gasteiger partial charge in [0, 0.05) is 15.7 Å². The zero-order valence-electron chi connectivity index (χ0n) is 10.4. The lowest BCUT2D eigenvalue weighted by atomic mass is 10.1. The Balaban J connectivity index is 2.10. The summed E-state index contributed by atoms with van der Waals surface area (Å²) in [6.07, 6.45) is -0.497. The standard InChI is InChI=1S/C15H14ClFOS/c1-10(18)11-3-2-4-14(8-11)19-9-12-7-13(16)5-6-15(12)17/h2-8,10,18H,9H2,1H3. The molecular weight excluding hydrogens is 283 g/mol. The van der Waals surface area contributed by atoms with Crippen LogP contribution in [0.5, 0.6) is 0 Å². The van der Waals surface area contributed by atoms with Crippen LogP contribution < -0.4 is 0 Å². The van der Waals surface area contributed by atoms with Gasteiger partial charge in [0.15, 0.2) is 0 Å². The van der Waals surface area contributed by atoms with E-state index in [2.05, 4.69) is 0 Å². The summed E-state index contributed by atoms with van der Waals surface area (Å²) < 4.78 is 13.6. The fourth-order valence-electron chi connectivity index (χ4n) is 1.68. The van der Waals surface area contributed by atoms with Crippen LogP contribution in [0.2, 0.25) is 5.02 Å². The first-order chi connectivity index (χ1) is 9.06. The van der Waals surface area contributed by atoms with Crippen LogP contribution in [0.3, 0.4) is 0 Å². The highest BCUT2D eigenvalue weighted by molar-refractivity contribution is 7.98. The van der Waals surface area contributed by atoms with E-state index < -0.39 is 6.10 Å². The van der Waals surface area contributed by atoms with E-state index in [0.29, 0.717) is 16.3 Å². The average molecular weight is 297 g/mol. The number of aliphatic hydroxyl groups is 1. The van der Waals surface area contributed by atoms with Crippen molar-refractivity contribution in [3.8, 4) is 0 Å². The normalized spacial score (nSPS) is 12.4. The molecule has 1 unspecified atom stereocenters. The van der Waals surface area contributed by atoms with Crippen molar-refractivity contribution in [1.29, 1.82) is 0 Å². The van der Waals surface area contributed by atoms with E-state index in [4.69, 9.17) is 11.6 Å². The molecule has 4 heteroatoms. The first-order valence-electron chi connectivity index (χ1n) is 5.91. The predicted molar refractivity (Wildman–Crippen MR) is 78.0 cm³/mol. The van der Waals surface area contributed by atoms with Gasteiger partial charge in [-0.05, 0) is 48.4 Å². The molecule has 0 amide bonds. The number of hydrogen-bond acceptors (Lipinski definition) is 2. The van der Waals surface area contributed by atoms with Crippen LogP contribution in [-0.2, 0) is 5.75 Å². The minimum Gasteiger partial charge on any atom is -0.389 e. The molecule has 0 fully saturated rings. The molecule has 0 saturated heterocycles. The van der Waals surface area contributed by atoms with Crippen molar-refractivity contribution >= 4 is 23.4 Å². The van der Waals surface area contributed by atoms with Crippen molar-refractivity contribution in [2.75, 3.05) is 0 Å². The molecule has 0 aliphatic heterocycles. The third-order valence-electron chi connectivity index (χ3n) is 2.74. The largest absolute Gasteiger partial charge is 0.389 e. The Hall–Kier alpha value is -1.03. The van der Waals surface area contributed by atoms with Crippen LogP contribution in [-0.4, -0.2) is 5.11 Å². The van der Waals surface area contributed by atoms with E-state index in [-0.39, 0.29) is 5.82 Å². The molecule has 2 aromatic rings. The molecule has 100 valence electrons. The molecule has 0 aliphatic rings. The zero-order valence-corrected chi connectivity index (χ0v) is 12.0. The van der Waals surface area contributed by atoms with Gasteiger partial charge in [0.2, 0.25) is 0 Å². The van der Waals surface area contributed by atoms with Gasteiger partial charge in [-0.2, -0.15) is 0 Å². The number of hydrogen-bond donors (Lipinski definition) is 1. The lowest BCUT2D eigenvalue weighted by molar-refractivity contribution is 0.199. The number of rotatable bonds is 4. The molecule has 1 nitrogen and oxygen atoms in total. The van der Waals surface area contributed by atoms with Gasteiger partial charge in [-0.25, -0.2) is 4.39 Å². The van der Waals surface area contributed by atoms with Gasteiger partial charge in [0.05, 0.1) is 6.10 Å². The lowest BCUT2D eigenvalue weighted by Crippen LogP contribution is -1.91. The van der Waals surface area contributed by atoms with Crippen molar-refractivity contribution in [2.24, 2.45) is 0 Å². The quantitative estimate of drug-likeness (QED) is 0.816. The highest BCUT2D eigenvalue weighted by atomic mass is 35.5. The molecule has 0 aliphatic carbocycles. The van der Waals surface area contributed by atoms with Gasteiger partial charge in [0.1, 0.15) is 5.82 Å². The molecule has 0 bridgehead atoms. The van der Waals surface area contributed by atoms with Gasteiger partial charge in [-0.15, -0.1) is 11.8 Å². The molecular formula is C15H14ClFOS. The number of thioether (sulfide) groups is 1. The van der Waals surface area contributed by atoms with E-state index in [0.717, 1.165) is 10.5 Å². The van der Waals surface area contributed by atoms with Crippen LogP contribution in [0.4, 0.5) is 4.39 Å². The van der Waals surface area contributed by atoms with Gasteiger partial charge in [-0.1, -0.05) is 23.7 Å². The monoisotopic (exact) mass is 296 g/mol. The zero-order chi connectivity index (χ0) is 13.8. The van der Waals surface area contributed by atoms with Gasteiger partial charge < -0.3 is 5.11 Å². The lowest BCUT2D eigenvalue weighted by Gasteiger charge is -2.08. The summed E-state index contributed by atoms with van der Waals surface area (Å²) >= 11 is 7.37. The second-order valence-electron chi connectivity index (χ2n) is 4.27. The Morgan fingerprint density at radius 3 is 2.79 bits per heavy atom. The van der Waals surface area contributed by atoms with Crippen LogP contribution in [0.15, 0.2) is 47.4 Å². The Morgan fingerprint density at radius 2 is 2.05 bits per heavy atom. The first-order valence-corrected chi connectivity index (χ1v) is 7.27. The average Bonchev–Trinajstić information content (AvgIpc) is 2.40. The summed E-state index contributed by atoms with van der Waals surface area (Å²) in [6.45, 7) is 1.72. The summed E-state index contributed by atoms with van der Waals surface area (Å²) in [7, 11) is 0. The van der Waals surface area contributed by atoms with E-state index in [1.165, 1.54) is 17.8 Å². The first kappa shape index (κ1) is 14.4. The predicted octanol–water partition coefficient (Wildman–Crippen LogP) is 4.82. The van der Waals surface area contributed by atoms with E-state index in [1.54, 1.807) is 19.1 Å². The van der Waals surface area contributed by atoms with Crippen LogP contribution in [0, 0.1) is 5.82 Å². The van der Waals surface area contributed by atoms with E-state index in [1.807, 2.05) is 24.3 Å². The summed E-state index contributed by atoms with van der Waals surface area (Å²) in [5.74, 6) is 0.263. The molecule has 0 heterocycles. The Morgan fingerprint density at radius 1 is 1.26 bits per heavy atom. The second-order valence-corrected chi connectivity index (χ2v) is 5.76. The number of benzene rings is 2. The van der Waals surface area contributed by atoms with Crippen molar-refractivity contribution < 1.29 is 9.50 Å². The summed E-state index contributed by atoms with van der Waals surface area (Å²) in [5.41, 5.74) is 1.44.